The van der Waals surface area contributed by atoms with Crippen LogP contribution >= 0.6 is 11.6 Å². The lowest BCUT2D eigenvalue weighted by Gasteiger charge is -2.36. The Hall–Kier alpha value is -3.17. The number of β-amino-alcohol motifs (C(OH)–C–C–N with tert-alkyl or cyclic N) is 1. The number of ether oxygens (including phenoxy) is 1. The highest BCUT2D eigenvalue weighted by Gasteiger charge is 2.30. The molecule has 7 rings (SSSR count). The molecule has 8 nitrogen and oxygen atoms in total. The Labute approximate surface area is 245 Å². The highest BCUT2D eigenvalue weighted by atomic mass is 35.5. The lowest BCUT2D eigenvalue weighted by molar-refractivity contribution is 0.106. The van der Waals surface area contributed by atoms with Crippen LogP contribution < -0.4 is 10.1 Å². The summed E-state index contributed by atoms with van der Waals surface area (Å²) in [7, 11) is 1.66. The van der Waals surface area contributed by atoms with Crippen LogP contribution in [-0.2, 0) is 6.54 Å². The molecule has 0 radical (unpaired) electrons. The zero-order valence-corrected chi connectivity index (χ0v) is 24.2. The number of aliphatic hydroxyl groups is 1. The molecule has 3 aliphatic rings. The van der Waals surface area contributed by atoms with Gasteiger partial charge in [-0.2, -0.15) is 0 Å². The number of hydrogen-bond donors (Lipinski definition) is 3. The fourth-order valence-electron chi connectivity index (χ4n) is 6.51. The van der Waals surface area contributed by atoms with Crippen molar-refractivity contribution in [2.45, 2.75) is 56.7 Å². The van der Waals surface area contributed by atoms with Gasteiger partial charge in [-0.1, -0.05) is 17.7 Å². The predicted molar refractivity (Wildman–Crippen MR) is 163 cm³/mol. The summed E-state index contributed by atoms with van der Waals surface area (Å²) >= 11 is 6.60. The molecule has 9 heteroatoms. The lowest BCUT2D eigenvalue weighted by Crippen LogP contribution is -2.44. The van der Waals surface area contributed by atoms with Crippen LogP contribution in [0.2, 0.25) is 5.02 Å². The molecule has 3 N–H and O–H groups in total. The number of benzene rings is 2. The van der Waals surface area contributed by atoms with E-state index in [1.54, 1.807) is 13.3 Å². The van der Waals surface area contributed by atoms with Gasteiger partial charge in [0, 0.05) is 60.1 Å². The average molecular weight is 573 g/mol. The highest BCUT2D eigenvalue weighted by molar-refractivity contribution is 6.33. The zero-order chi connectivity index (χ0) is 27.9. The van der Waals surface area contributed by atoms with Crippen molar-refractivity contribution in [2.24, 2.45) is 0 Å². The first-order valence-electron chi connectivity index (χ1n) is 14.8. The summed E-state index contributed by atoms with van der Waals surface area (Å²) in [6, 6.07) is 13.4. The molecule has 4 heterocycles. The summed E-state index contributed by atoms with van der Waals surface area (Å²) in [5.74, 6) is 1.97. The minimum absolute atomic E-state index is 0.142. The highest BCUT2D eigenvalue weighted by Crippen LogP contribution is 2.42. The number of nitrogens with zero attached hydrogens (tertiary/aromatic N) is 4. The molecule has 41 heavy (non-hydrogen) atoms. The van der Waals surface area contributed by atoms with Crippen LogP contribution in [0.5, 0.6) is 5.75 Å². The SMILES string of the molecule is COc1ccc2c(-c3nc(Nc4cc(CN5CCC(N6CCC(O)C6)CC5)cc(C5CC5)c4)ncc3Cl)c[nH]c2c1. The van der Waals surface area contributed by atoms with E-state index in [0.29, 0.717) is 28.6 Å². The molecule has 1 aliphatic carbocycles. The van der Waals surface area contributed by atoms with Crippen molar-refractivity contribution in [1.29, 1.82) is 0 Å². The summed E-state index contributed by atoms with van der Waals surface area (Å²) in [5.41, 5.74) is 6.32. The third-order valence-electron chi connectivity index (χ3n) is 8.88. The van der Waals surface area contributed by atoms with Crippen LogP contribution in [0, 0.1) is 0 Å². The summed E-state index contributed by atoms with van der Waals surface area (Å²) in [6.07, 6.45) is 9.22. The standard InChI is InChI=1S/C32H37ClN6O2/c1-41-26-4-5-27-28(16-34-30(27)15-26)31-29(33)17-35-32(37-31)36-23-13-20(12-22(14-23)21-2-3-21)18-38-9-6-24(7-10-38)39-11-8-25(40)19-39/h4-5,12-17,21,24-25,34,40H,2-3,6-11,18-19H2,1H3,(H,35,36,37). The number of likely N-dealkylation sites (tertiary alicyclic amines) is 2. The fraction of sp³-hybridized carbons (Fsp3) is 0.438. The number of anilines is 2. The summed E-state index contributed by atoms with van der Waals surface area (Å²) in [5, 5.41) is 15.0. The number of hydrogen-bond acceptors (Lipinski definition) is 7. The number of aliphatic hydroxyl groups excluding tert-OH is 1. The van der Waals surface area contributed by atoms with Gasteiger partial charge in [-0.3, -0.25) is 9.80 Å². The molecule has 0 spiro atoms. The van der Waals surface area contributed by atoms with Gasteiger partial charge in [0.2, 0.25) is 5.95 Å². The summed E-state index contributed by atoms with van der Waals surface area (Å²) < 4.78 is 5.37. The number of rotatable bonds is 8. The van der Waals surface area contributed by atoms with Crippen LogP contribution in [0.3, 0.4) is 0 Å². The Kier molecular flexibility index (Phi) is 7.33. The first kappa shape index (κ1) is 26.7. The topological polar surface area (TPSA) is 89.5 Å². The maximum atomic E-state index is 9.94. The first-order valence-corrected chi connectivity index (χ1v) is 15.1. The number of H-pyrrole nitrogens is 1. The van der Waals surface area contributed by atoms with E-state index in [0.717, 1.165) is 67.0 Å². The molecule has 2 aliphatic heterocycles. The van der Waals surface area contributed by atoms with Crippen LogP contribution in [0.4, 0.5) is 11.6 Å². The molecule has 2 aromatic carbocycles. The van der Waals surface area contributed by atoms with Gasteiger partial charge in [0.15, 0.2) is 0 Å². The molecular formula is C32H37ClN6O2. The van der Waals surface area contributed by atoms with Crippen molar-refractivity contribution < 1.29 is 9.84 Å². The Bertz CT molecular complexity index is 1540. The zero-order valence-electron chi connectivity index (χ0n) is 23.4. The molecule has 4 aromatic rings. The Morgan fingerprint density at radius 2 is 1.93 bits per heavy atom. The number of aromatic amines is 1. The predicted octanol–water partition coefficient (Wildman–Crippen LogP) is 5.94. The van der Waals surface area contributed by atoms with E-state index in [9.17, 15) is 5.11 Å². The van der Waals surface area contributed by atoms with E-state index < -0.39 is 0 Å². The van der Waals surface area contributed by atoms with E-state index in [1.807, 2.05) is 24.4 Å². The van der Waals surface area contributed by atoms with E-state index >= 15 is 0 Å². The minimum atomic E-state index is -0.142. The molecule has 2 aromatic heterocycles. The maximum absolute atomic E-state index is 9.94. The van der Waals surface area contributed by atoms with Gasteiger partial charge in [-0.15, -0.1) is 0 Å². The molecular weight excluding hydrogens is 536 g/mol. The van der Waals surface area contributed by atoms with E-state index in [-0.39, 0.29) is 6.10 Å². The van der Waals surface area contributed by atoms with Crippen molar-refractivity contribution >= 4 is 34.1 Å². The molecule has 2 saturated heterocycles. The van der Waals surface area contributed by atoms with Crippen molar-refractivity contribution in [3.05, 3.63) is 64.9 Å². The molecule has 0 bridgehead atoms. The number of fused-ring (bicyclic) bond motifs is 1. The van der Waals surface area contributed by atoms with Crippen LogP contribution in [0.1, 0.15) is 49.1 Å². The molecule has 1 atom stereocenters. The van der Waals surface area contributed by atoms with Crippen molar-refractivity contribution in [3.8, 4) is 17.0 Å². The van der Waals surface area contributed by atoms with E-state index in [2.05, 4.69) is 43.3 Å². The van der Waals surface area contributed by atoms with Crippen molar-refractivity contribution in [3.63, 3.8) is 0 Å². The van der Waals surface area contributed by atoms with Gasteiger partial charge in [0.1, 0.15) is 5.75 Å². The Morgan fingerprint density at radius 3 is 2.68 bits per heavy atom. The van der Waals surface area contributed by atoms with Gasteiger partial charge in [0.25, 0.3) is 0 Å². The number of methoxy groups -OCH3 is 1. The quantitative estimate of drug-likeness (QED) is 0.241. The molecule has 1 saturated carbocycles. The normalized spacial score (nSPS) is 20.6. The Morgan fingerprint density at radius 1 is 1.07 bits per heavy atom. The van der Waals surface area contributed by atoms with Gasteiger partial charge >= 0.3 is 0 Å². The molecule has 1 unspecified atom stereocenters. The molecule has 0 amide bonds. The van der Waals surface area contributed by atoms with Crippen molar-refractivity contribution in [2.75, 3.05) is 38.6 Å². The van der Waals surface area contributed by atoms with Crippen LogP contribution in [0.15, 0.2) is 48.8 Å². The number of nitrogens with one attached hydrogen (secondary N) is 2. The summed E-state index contributed by atoms with van der Waals surface area (Å²) in [4.78, 5) is 17.7. The van der Waals surface area contributed by atoms with Gasteiger partial charge in [0.05, 0.1) is 30.1 Å². The third-order valence-corrected chi connectivity index (χ3v) is 9.16. The fourth-order valence-corrected chi connectivity index (χ4v) is 6.70. The number of piperidine rings is 1. The first-order chi connectivity index (χ1) is 20.0. The average Bonchev–Trinajstić information content (AvgIpc) is 3.62. The number of halogens is 1. The monoisotopic (exact) mass is 572 g/mol. The van der Waals surface area contributed by atoms with E-state index in [1.165, 1.54) is 36.8 Å². The molecule has 3 fully saturated rings. The van der Waals surface area contributed by atoms with E-state index in [4.69, 9.17) is 21.3 Å². The number of aromatic nitrogens is 3. The Balaban J connectivity index is 1.09. The lowest BCUT2D eigenvalue weighted by atomic mass is 10.0. The second-order valence-electron chi connectivity index (χ2n) is 11.8. The maximum Gasteiger partial charge on any atom is 0.227 e. The van der Waals surface area contributed by atoms with Gasteiger partial charge < -0.3 is 20.1 Å². The van der Waals surface area contributed by atoms with Crippen LogP contribution in [-0.4, -0.2) is 75.3 Å². The second kappa shape index (κ2) is 11.2. The van der Waals surface area contributed by atoms with Gasteiger partial charge in [-0.05, 0) is 86.5 Å². The summed E-state index contributed by atoms with van der Waals surface area (Å²) in [6.45, 7) is 5.00. The minimum Gasteiger partial charge on any atom is -0.497 e. The third kappa shape index (κ3) is 5.79. The largest absolute Gasteiger partial charge is 0.497 e. The van der Waals surface area contributed by atoms with Crippen molar-refractivity contribution in [1.82, 2.24) is 24.8 Å². The van der Waals surface area contributed by atoms with Crippen LogP contribution in [0.25, 0.3) is 22.2 Å². The van der Waals surface area contributed by atoms with Gasteiger partial charge in [-0.25, -0.2) is 9.97 Å². The second-order valence-corrected chi connectivity index (χ2v) is 12.2. The smallest absolute Gasteiger partial charge is 0.227 e. The molecule has 214 valence electrons.